The molecule has 0 spiro atoms. The molecular formula is C15H8N2O6. The van der Waals surface area contributed by atoms with Crippen molar-refractivity contribution in [3.8, 4) is 11.1 Å². The minimum atomic E-state index is -0.600. The Morgan fingerprint density at radius 2 is 1.61 bits per heavy atom. The lowest BCUT2D eigenvalue weighted by atomic mass is 9.93. The third-order valence-electron chi connectivity index (χ3n) is 3.78. The first-order valence-electron chi connectivity index (χ1n) is 6.71. The summed E-state index contributed by atoms with van der Waals surface area (Å²) in [5.41, 5.74) is 1.69. The van der Waals surface area contributed by atoms with Crippen molar-refractivity contribution in [1.82, 2.24) is 4.98 Å². The number of rotatable bonds is 2. The molecule has 0 aliphatic carbocycles. The van der Waals surface area contributed by atoms with Crippen molar-refractivity contribution in [2.45, 2.75) is 13.2 Å². The molecular weight excluding hydrogens is 304 g/mol. The van der Waals surface area contributed by atoms with Gasteiger partial charge in [0.05, 0.1) is 27.4 Å². The SMILES string of the molecule is O=C1OCc2nc3c(c(-c4cccc([N+](=O)[O-])c4)c21)C(=O)OC3. The van der Waals surface area contributed by atoms with Gasteiger partial charge in [-0.2, -0.15) is 0 Å². The Balaban J connectivity index is 2.05. The van der Waals surface area contributed by atoms with Gasteiger partial charge in [-0.3, -0.25) is 10.1 Å². The van der Waals surface area contributed by atoms with Crippen LogP contribution in [-0.2, 0) is 22.7 Å². The summed E-state index contributed by atoms with van der Waals surface area (Å²) in [4.78, 5) is 38.8. The lowest BCUT2D eigenvalue weighted by Gasteiger charge is -2.09. The molecule has 0 fully saturated rings. The fourth-order valence-corrected chi connectivity index (χ4v) is 2.81. The van der Waals surface area contributed by atoms with E-state index in [1.54, 1.807) is 6.07 Å². The predicted molar refractivity (Wildman–Crippen MR) is 74.6 cm³/mol. The van der Waals surface area contributed by atoms with E-state index in [0.717, 1.165) is 0 Å². The molecule has 0 unspecified atom stereocenters. The van der Waals surface area contributed by atoms with Crippen molar-refractivity contribution in [2.24, 2.45) is 0 Å². The van der Waals surface area contributed by atoms with Gasteiger partial charge < -0.3 is 9.47 Å². The highest BCUT2D eigenvalue weighted by Gasteiger charge is 2.36. The van der Waals surface area contributed by atoms with Crippen LogP contribution in [0.1, 0.15) is 32.1 Å². The van der Waals surface area contributed by atoms with Crippen molar-refractivity contribution in [1.29, 1.82) is 0 Å². The number of carbonyl (C=O) groups is 2. The number of carbonyl (C=O) groups excluding carboxylic acids is 2. The smallest absolute Gasteiger partial charge is 0.341 e. The van der Waals surface area contributed by atoms with Crippen LogP contribution in [0.2, 0.25) is 0 Å². The second-order valence-corrected chi connectivity index (χ2v) is 5.09. The number of non-ortho nitro benzene ring substituents is 1. The molecule has 0 saturated carbocycles. The first-order valence-corrected chi connectivity index (χ1v) is 6.71. The number of benzene rings is 1. The van der Waals surface area contributed by atoms with Gasteiger partial charge in [-0.1, -0.05) is 12.1 Å². The Morgan fingerprint density at radius 1 is 1.00 bits per heavy atom. The standard InChI is InChI=1S/C15H8N2O6/c18-14-12-9(5-22-14)16-10-6-23-15(19)13(10)11(12)7-2-1-3-8(4-7)17(20)21/h1-4H,5-6H2. The van der Waals surface area contributed by atoms with E-state index in [1.165, 1.54) is 18.2 Å². The van der Waals surface area contributed by atoms with Gasteiger partial charge in [-0.05, 0) is 5.56 Å². The number of cyclic esters (lactones) is 2. The van der Waals surface area contributed by atoms with Gasteiger partial charge >= 0.3 is 11.9 Å². The summed E-state index contributed by atoms with van der Waals surface area (Å²) in [6.45, 7) is 0.0229. The molecule has 2 aliphatic rings. The van der Waals surface area contributed by atoms with Gasteiger partial charge in [0.15, 0.2) is 0 Å². The van der Waals surface area contributed by atoms with Crippen LogP contribution in [0.3, 0.4) is 0 Å². The van der Waals surface area contributed by atoms with Crippen LogP contribution in [0.5, 0.6) is 0 Å². The van der Waals surface area contributed by atoms with E-state index >= 15 is 0 Å². The number of fused-ring (bicyclic) bond motifs is 2. The molecule has 1 aromatic carbocycles. The van der Waals surface area contributed by atoms with Crippen LogP contribution in [0.25, 0.3) is 11.1 Å². The van der Waals surface area contributed by atoms with E-state index in [4.69, 9.17) is 9.47 Å². The normalized spacial score (nSPS) is 15.0. The maximum atomic E-state index is 12.0. The number of hydrogen-bond donors (Lipinski definition) is 0. The molecule has 2 aliphatic heterocycles. The van der Waals surface area contributed by atoms with E-state index in [9.17, 15) is 19.7 Å². The summed E-state index contributed by atoms with van der Waals surface area (Å²) in [5, 5.41) is 11.0. The summed E-state index contributed by atoms with van der Waals surface area (Å²) in [6, 6.07) is 5.74. The highest BCUT2D eigenvalue weighted by Crippen LogP contribution is 2.38. The number of pyridine rings is 1. The number of aromatic nitrogens is 1. The van der Waals surface area contributed by atoms with E-state index in [1.807, 2.05) is 0 Å². The van der Waals surface area contributed by atoms with Crippen molar-refractivity contribution in [2.75, 3.05) is 0 Å². The monoisotopic (exact) mass is 312 g/mol. The predicted octanol–water partition coefficient (Wildman–Crippen LogP) is 2.00. The van der Waals surface area contributed by atoms with E-state index in [2.05, 4.69) is 4.98 Å². The van der Waals surface area contributed by atoms with E-state index in [-0.39, 0.29) is 30.0 Å². The summed E-state index contributed by atoms with van der Waals surface area (Å²) >= 11 is 0. The van der Waals surface area contributed by atoms with Gasteiger partial charge in [0.25, 0.3) is 5.69 Å². The van der Waals surface area contributed by atoms with Crippen LogP contribution < -0.4 is 0 Å². The minimum absolute atomic E-state index is 0.0115. The zero-order valence-corrected chi connectivity index (χ0v) is 11.6. The maximum absolute atomic E-state index is 12.0. The lowest BCUT2D eigenvalue weighted by molar-refractivity contribution is -0.384. The zero-order chi connectivity index (χ0) is 16.1. The fourth-order valence-electron chi connectivity index (χ4n) is 2.81. The number of hydrogen-bond acceptors (Lipinski definition) is 7. The quantitative estimate of drug-likeness (QED) is 0.474. The number of esters is 2. The lowest BCUT2D eigenvalue weighted by Crippen LogP contribution is -2.07. The van der Waals surface area contributed by atoms with Gasteiger partial charge in [0.2, 0.25) is 0 Å². The molecule has 0 bridgehead atoms. The Morgan fingerprint density at radius 3 is 2.17 bits per heavy atom. The van der Waals surface area contributed by atoms with Crippen LogP contribution in [0.15, 0.2) is 24.3 Å². The van der Waals surface area contributed by atoms with Crippen molar-refractivity contribution >= 4 is 17.6 Å². The molecule has 0 atom stereocenters. The molecule has 0 radical (unpaired) electrons. The second kappa shape index (κ2) is 4.60. The summed E-state index contributed by atoms with van der Waals surface area (Å²) < 4.78 is 9.98. The van der Waals surface area contributed by atoms with Gasteiger partial charge in [0, 0.05) is 17.7 Å². The van der Waals surface area contributed by atoms with Gasteiger partial charge in [-0.25, -0.2) is 14.6 Å². The topological polar surface area (TPSA) is 109 Å². The van der Waals surface area contributed by atoms with Crippen LogP contribution in [0.4, 0.5) is 5.69 Å². The molecule has 3 heterocycles. The summed E-state index contributed by atoms with van der Waals surface area (Å²) in [5.74, 6) is -1.20. The van der Waals surface area contributed by atoms with Crippen LogP contribution in [-0.4, -0.2) is 21.8 Å². The Hall–Kier alpha value is -3.29. The van der Waals surface area contributed by atoms with Crippen LogP contribution >= 0.6 is 0 Å². The van der Waals surface area contributed by atoms with Gasteiger partial charge in [0.1, 0.15) is 13.2 Å². The first-order chi connectivity index (χ1) is 11.1. The Bertz CT molecular complexity index is 863. The number of ether oxygens (including phenoxy) is 2. The highest BCUT2D eigenvalue weighted by atomic mass is 16.6. The second-order valence-electron chi connectivity index (χ2n) is 5.09. The highest BCUT2D eigenvalue weighted by molar-refractivity contribution is 6.09. The van der Waals surface area contributed by atoms with Crippen LogP contribution in [0, 0.1) is 10.1 Å². The van der Waals surface area contributed by atoms with E-state index < -0.39 is 16.9 Å². The molecule has 1 aromatic heterocycles. The molecule has 8 heteroatoms. The molecule has 0 amide bonds. The molecule has 23 heavy (non-hydrogen) atoms. The zero-order valence-electron chi connectivity index (χ0n) is 11.6. The molecule has 2 aromatic rings. The van der Waals surface area contributed by atoms with Crippen molar-refractivity contribution < 1.29 is 24.0 Å². The molecule has 4 rings (SSSR count). The van der Waals surface area contributed by atoms with Crippen molar-refractivity contribution in [3.63, 3.8) is 0 Å². The number of nitrogens with zero attached hydrogens (tertiary/aromatic N) is 2. The third-order valence-corrected chi connectivity index (χ3v) is 3.78. The number of nitro benzene ring substituents is 1. The fraction of sp³-hybridized carbons (Fsp3) is 0.133. The summed E-state index contributed by atoms with van der Waals surface area (Å²) in [7, 11) is 0. The number of nitro groups is 1. The van der Waals surface area contributed by atoms with Gasteiger partial charge in [-0.15, -0.1) is 0 Å². The average molecular weight is 312 g/mol. The Labute approximate surface area is 128 Å². The molecule has 8 nitrogen and oxygen atoms in total. The molecule has 0 saturated heterocycles. The molecule has 0 N–H and O–H groups in total. The van der Waals surface area contributed by atoms with E-state index in [0.29, 0.717) is 22.5 Å². The van der Waals surface area contributed by atoms with Crippen molar-refractivity contribution in [3.05, 3.63) is 56.9 Å². The largest absolute Gasteiger partial charge is 0.455 e. The maximum Gasteiger partial charge on any atom is 0.341 e. The minimum Gasteiger partial charge on any atom is -0.455 e. The first kappa shape index (κ1) is 13.4. The summed E-state index contributed by atoms with van der Waals surface area (Å²) in [6.07, 6.45) is 0. The molecule has 114 valence electrons. The average Bonchev–Trinajstić information content (AvgIpc) is 3.10. The third kappa shape index (κ3) is 1.88. The Kier molecular flexibility index (Phi) is 2.68.